The molecule has 1 saturated heterocycles. The molecule has 0 unspecified atom stereocenters. The summed E-state index contributed by atoms with van der Waals surface area (Å²) in [6.07, 6.45) is 8.10. The molecule has 1 amide bonds. The Kier molecular flexibility index (Phi) is 8.02. The number of halogens is 1. The van der Waals surface area contributed by atoms with Crippen molar-refractivity contribution < 1.29 is 19.0 Å². The number of benzene rings is 1. The van der Waals surface area contributed by atoms with Crippen LogP contribution < -0.4 is 14.8 Å². The van der Waals surface area contributed by atoms with Gasteiger partial charge in [-0.2, -0.15) is 0 Å². The number of rotatable bonds is 10. The summed E-state index contributed by atoms with van der Waals surface area (Å²) in [4.78, 5) is 19.5. The van der Waals surface area contributed by atoms with Crippen molar-refractivity contribution in [2.75, 3.05) is 39.5 Å². The number of carbonyl (C=O) groups is 1. The zero-order valence-corrected chi connectivity index (χ0v) is 19.7. The first-order valence-electron chi connectivity index (χ1n) is 10.9. The van der Waals surface area contributed by atoms with Crippen LogP contribution in [0.5, 0.6) is 16.7 Å². The number of morpholine rings is 1. The monoisotopic (exact) mass is 477 g/mol. The summed E-state index contributed by atoms with van der Waals surface area (Å²) in [6, 6.07) is 5.34. The highest BCUT2D eigenvalue weighted by Gasteiger charge is 2.22. The molecule has 0 spiro atoms. The van der Waals surface area contributed by atoms with E-state index in [1.165, 1.54) is 24.2 Å². The molecule has 7 nitrogen and oxygen atoms in total. The summed E-state index contributed by atoms with van der Waals surface area (Å²) in [6.45, 7) is 6.03. The number of aromatic nitrogens is 1. The van der Waals surface area contributed by atoms with Crippen LogP contribution in [0.4, 0.5) is 0 Å². The van der Waals surface area contributed by atoms with Gasteiger partial charge in [0.15, 0.2) is 0 Å². The average Bonchev–Trinajstić information content (AvgIpc) is 3.50. The highest BCUT2D eigenvalue weighted by atomic mass is 35.5. The maximum Gasteiger partial charge on any atom is 0.279 e. The third-order valence-electron chi connectivity index (χ3n) is 5.19. The summed E-state index contributed by atoms with van der Waals surface area (Å²) in [5.74, 6) is 1.99. The molecule has 1 saturated carbocycles. The van der Waals surface area contributed by atoms with Gasteiger partial charge in [-0.15, -0.1) is 0 Å². The zero-order valence-electron chi connectivity index (χ0n) is 18.1. The normalized spacial score (nSPS) is 17.9. The minimum absolute atomic E-state index is 0.0107. The predicted molar refractivity (Wildman–Crippen MR) is 126 cm³/mol. The van der Waals surface area contributed by atoms with Gasteiger partial charge in [0.05, 0.1) is 36.3 Å². The second kappa shape index (κ2) is 11.1. The molecule has 2 aliphatic rings. The van der Waals surface area contributed by atoms with Crippen LogP contribution in [0.15, 0.2) is 30.5 Å². The lowest BCUT2D eigenvalue weighted by molar-refractivity contribution is -0.123. The number of ether oxygens (including phenoxy) is 3. The lowest BCUT2D eigenvalue weighted by atomic mass is 10.3. The number of thiazole rings is 1. The summed E-state index contributed by atoms with van der Waals surface area (Å²) in [5.41, 5.74) is 0. The topological polar surface area (TPSA) is 72.9 Å². The molecule has 32 heavy (non-hydrogen) atoms. The molecule has 0 radical (unpaired) electrons. The quantitative estimate of drug-likeness (QED) is 0.552. The lowest BCUT2D eigenvalue weighted by Crippen LogP contribution is -2.44. The predicted octanol–water partition coefficient (Wildman–Crippen LogP) is 4.23. The Balaban J connectivity index is 1.24. The molecule has 1 N–H and O–H groups in total. The van der Waals surface area contributed by atoms with Crippen LogP contribution in [0.3, 0.4) is 0 Å². The summed E-state index contributed by atoms with van der Waals surface area (Å²) >= 11 is 7.75. The summed E-state index contributed by atoms with van der Waals surface area (Å²) in [7, 11) is 0. The van der Waals surface area contributed by atoms with Gasteiger partial charge >= 0.3 is 0 Å². The van der Waals surface area contributed by atoms with Crippen molar-refractivity contribution in [2.45, 2.75) is 25.8 Å². The Hall–Kier alpha value is -2.13. The molecule has 1 aromatic heterocycles. The van der Waals surface area contributed by atoms with Gasteiger partial charge in [0.25, 0.3) is 5.19 Å². The molecule has 2 heterocycles. The van der Waals surface area contributed by atoms with Crippen molar-refractivity contribution in [2.24, 2.45) is 5.92 Å². The van der Waals surface area contributed by atoms with Crippen molar-refractivity contribution in [1.29, 1.82) is 0 Å². The molecule has 1 aliphatic heterocycles. The van der Waals surface area contributed by atoms with Gasteiger partial charge in [0.1, 0.15) is 11.5 Å². The van der Waals surface area contributed by atoms with E-state index in [2.05, 4.69) is 15.2 Å². The van der Waals surface area contributed by atoms with E-state index in [0.717, 1.165) is 30.3 Å². The maximum atomic E-state index is 12.2. The molecule has 1 aromatic carbocycles. The second-order valence-corrected chi connectivity index (χ2v) is 9.51. The van der Waals surface area contributed by atoms with E-state index in [9.17, 15) is 4.79 Å². The number of nitrogens with zero attached hydrogens (tertiary/aromatic N) is 2. The molecular formula is C23H28ClN3O4S. The van der Waals surface area contributed by atoms with Crippen LogP contribution in [-0.4, -0.2) is 61.3 Å². The van der Waals surface area contributed by atoms with Gasteiger partial charge in [-0.3, -0.25) is 9.69 Å². The molecule has 1 atom stereocenters. The first-order chi connectivity index (χ1) is 15.5. The van der Waals surface area contributed by atoms with E-state index in [0.29, 0.717) is 41.6 Å². The lowest BCUT2D eigenvalue weighted by Gasteiger charge is -2.26. The largest absolute Gasteiger partial charge is 0.493 e. The molecule has 0 bridgehead atoms. The molecule has 1 aliphatic carbocycles. The fraction of sp³-hybridized carbons (Fsp3) is 0.478. The van der Waals surface area contributed by atoms with Gasteiger partial charge in [-0.25, -0.2) is 4.98 Å². The van der Waals surface area contributed by atoms with E-state index < -0.39 is 0 Å². The Labute approximate surface area is 197 Å². The Morgan fingerprint density at radius 1 is 1.41 bits per heavy atom. The molecule has 2 fully saturated rings. The minimum atomic E-state index is -0.0902. The van der Waals surface area contributed by atoms with Gasteiger partial charge in [-0.05, 0) is 43.9 Å². The summed E-state index contributed by atoms with van der Waals surface area (Å²) in [5, 5.41) is 3.98. The van der Waals surface area contributed by atoms with Crippen LogP contribution in [-0.2, 0) is 9.53 Å². The van der Waals surface area contributed by atoms with E-state index >= 15 is 0 Å². The first kappa shape index (κ1) is 23.0. The molecule has 2 aromatic rings. The SMILES string of the molecule is C[C@@H](C=Cc1cnc(Oc2ccc(OCC3CC3)cc2Cl)s1)NC(=O)CN1CCOCC1. The fourth-order valence-electron chi connectivity index (χ4n) is 3.19. The Morgan fingerprint density at radius 2 is 2.22 bits per heavy atom. The first-order valence-corrected chi connectivity index (χ1v) is 12.1. The van der Waals surface area contributed by atoms with Crippen LogP contribution in [0.1, 0.15) is 24.6 Å². The van der Waals surface area contributed by atoms with E-state index in [4.69, 9.17) is 25.8 Å². The third-order valence-corrected chi connectivity index (χ3v) is 6.33. The van der Waals surface area contributed by atoms with Crippen LogP contribution >= 0.6 is 22.9 Å². The van der Waals surface area contributed by atoms with E-state index in [-0.39, 0.29) is 11.9 Å². The Bertz CT molecular complexity index is 941. The van der Waals surface area contributed by atoms with Crippen LogP contribution in [0, 0.1) is 5.92 Å². The molecular weight excluding hydrogens is 450 g/mol. The smallest absolute Gasteiger partial charge is 0.279 e. The van der Waals surface area contributed by atoms with Gasteiger partial charge in [0, 0.05) is 31.4 Å². The molecule has 9 heteroatoms. The molecule has 172 valence electrons. The second-order valence-electron chi connectivity index (χ2n) is 8.08. The van der Waals surface area contributed by atoms with E-state index in [1.54, 1.807) is 18.3 Å². The van der Waals surface area contributed by atoms with Crippen molar-refractivity contribution in [1.82, 2.24) is 15.2 Å². The van der Waals surface area contributed by atoms with Crippen molar-refractivity contribution in [3.63, 3.8) is 0 Å². The minimum Gasteiger partial charge on any atom is -0.493 e. The van der Waals surface area contributed by atoms with Crippen molar-refractivity contribution >= 4 is 34.9 Å². The number of carbonyl (C=O) groups excluding carboxylic acids is 1. The van der Waals surface area contributed by atoms with E-state index in [1.807, 2.05) is 25.1 Å². The fourth-order valence-corrected chi connectivity index (χ4v) is 4.09. The van der Waals surface area contributed by atoms with Gasteiger partial charge in [0.2, 0.25) is 5.91 Å². The Morgan fingerprint density at radius 3 is 2.97 bits per heavy atom. The molecule has 4 rings (SSSR count). The van der Waals surface area contributed by atoms with Crippen molar-refractivity contribution in [3.8, 4) is 16.7 Å². The number of hydrogen-bond donors (Lipinski definition) is 1. The maximum absolute atomic E-state index is 12.2. The van der Waals surface area contributed by atoms with Crippen molar-refractivity contribution in [3.05, 3.63) is 40.4 Å². The van der Waals surface area contributed by atoms with Crippen LogP contribution in [0.25, 0.3) is 6.08 Å². The summed E-state index contributed by atoms with van der Waals surface area (Å²) < 4.78 is 16.9. The number of nitrogens with one attached hydrogen (secondary N) is 1. The van der Waals surface area contributed by atoms with Gasteiger partial charge < -0.3 is 19.5 Å². The highest BCUT2D eigenvalue weighted by molar-refractivity contribution is 7.14. The number of hydrogen-bond acceptors (Lipinski definition) is 7. The standard InChI is InChI=1S/C23H28ClN3O4S/c1-16(26-22(28)14-27-8-10-29-11-9-27)2-6-19-13-25-23(32-19)31-21-7-5-18(12-20(21)24)30-15-17-3-4-17/h2,5-7,12-13,16-17H,3-4,8-11,14-15H2,1H3,(H,26,28)/t16-/m0/s1. The van der Waals surface area contributed by atoms with Gasteiger partial charge in [-0.1, -0.05) is 29.0 Å². The highest BCUT2D eigenvalue weighted by Crippen LogP contribution is 2.35. The van der Waals surface area contributed by atoms with Crippen LogP contribution in [0.2, 0.25) is 5.02 Å². The number of amides is 1. The third kappa shape index (κ3) is 7.20. The zero-order chi connectivity index (χ0) is 22.3. The average molecular weight is 478 g/mol.